The Morgan fingerprint density at radius 2 is 2.08 bits per heavy atom. The molecule has 0 radical (unpaired) electrons. The Hall–Kier alpha value is -2.79. The van der Waals surface area contributed by atoms with Gasteiger partial charge in [-0.05, 0) is 30.7 Å². The molecular weight excluding hydrogens is 378 g/mol. The maximum atomic E-state index is 11.7. The average molecular weight is 394 g/mol. The van der Waals surface area contributed by atoms with Gasteiger partial charge in [-0.3, -0.25) is 10.1 Å². The highest BCUT2D eigenvalue weighted by atomic mass is 79.9. The highest BCUT2D eigenvalue weighted by Crippen LogP contribution is 2.35. The third kappa shape index (κ3) is 5.44. The summed E-state index contributed by atoms with van der Waals surface area (Å²) < 4.78 is 11.6. The van der Waals surface area contributed by atoms with Crippen molar-refractivity contribution >= 4 is 33.9 Å². The van der Waals surface area contributed by atoms with Crippen LogP contribution in [0, 0.1) is 11.3 Å². The van der Waals surface area contributed by atoms with Crippen LogP contribution in [-0.2, 0) is 4.79 Å². The molecule has 8 heteroatoms. The molecule has 0 saturated carbocycles. The van der Waals surface area contributed by atoms with Crippen molar-refractivity contribution in [3.63, 3.8) is 0 Å². The lowest BCUT2D eigenvalue weighted by Crippen LogP contribution is -2.35. The molecule has 0 aliphatic rings. The van der Waals surface area contributed by atoms with Gasteiger partial charge in [-0.2, -0.15) is 5.26 Å². The molecule has 0 aliphatic carbocycles. The van der Waals surface area contributed by atoms with Crippen molar-refractivity contribution in [2.24, 2.45) is 5.73 Å². The highest BCUT2D eigenvalue weighted by Gasteiger charge is 2.14. The smallest absolute Gasteiger partial charge is 0.319 e. The van der Waals surface area contributed by atoms with E-state index in [1.54, 1.807) is 24.3 Å². The fourth-order valence-electron chi connectivity index (χ4n) is 1.67. The number of nitriles is 1. The Morgan fingerprint density at radius 3 is 2.62 bits per heavy atom. The third-order valence-corrected chi connectivity index (χ3v) is 3.31. The monoisotopic (exact) mass is 393 g/mol. The summed E-state index contributed by atoms with van der Waals surface area (Å²) in [4.78, 5) is 22.5. The predicted molar refractivity (Wildman–Crippen MR) is 92.3 cm³/mol. The molecule has 7 nitrogen and oxygen atoms in total. The van der Waals surface area contributed by atoms with Gasteiger partial charge in [-0.15, -0.1) is 0 Å². The molecular formula is C16H16BrN3O4. The first-order chi connectivity index (χ1) is 11.4. The number of rotatable bonds is 7. The second-order valence-corrected chi connectivity index (χ2v) is 5.20. The topological polar surface area (TPSA) is 114 Å². The maximum Gasteiger partial charge on any atom is 0.319 e. The molecule has 0 aromatic heterocycles. The number of nitrogens with two attached hydrogens (primary N) is 1. The third-order valence-electron chi connectivity index (χ3n) is 2.62. The zero-order valence-electron chi connectivity index (χ0n) is 13.0. The van der Waals surface area contributed by atoms with Crippen LogP contribution in [0.1, 0.15) is 12.5 Å². The minimum absolute atomic E-state index is 0.281. The Bertz CT molecular complexity index is 723. The molecule has 0 fully saturated rings. The number of imide groups is 1. The van der Waals surface area contributed by atoms with Gasteiger partial charge in [0.25, 0.3) is 5.91 Å². The van der Waals surface area contributed by atoms with E-state index in [-0.39, 0.29) is 5.57 Å². The van der Waals surface area contributed by atoms with Gasteiger partial charge < -0.3 is 15.2 Å². The van der Waals surface area contributed by atoms with Crippen molar-refractivity contribution in [1.82, 2.24) is 5.32 Å². The van der Waals surface area contributed by atoms with E-state index >= 15 is 0 Å². The molecule has 0 saturated heterocycles. The Balaban J connectivity index is 3.27. The summed E-state index contributed by atoms with van der Waals surface area (Å²) in [6.07, 6.45) is 2.90. The fraction of sp³-hybridized carbons (Fsp3) is 0.188. The van der Waals surface area contributed by atoms with E-state index in [1.807, 2.05) is 12.2 Å². The van der Waals surface area contributed by atoms with E-state index in [2.05, 4.69) is 22.5 Å². The van der Waals surface area contributed by atoms with Crippen LogP contribution in [0.25, 0.3) is 6.08 Å². The number of halogens is 1. The quantitative estimate of drug-likeness (QED) is 0.419. The summed E-state index contributed by atoms with van der Waals surface area (Å²) in [7, 11) is 0. The second-order valence-electron chi connectivity index (χ2n) is 4.34. The summed E-state index contributed by atoms with van der Waals surface area (Å²) >= 11 is 3.34. The van der Waals surface area contributed by atoms with Gasteiger partial charge in [0.2, 0.25) is 0 Å². The molecule has 0 aliphatic heterocycles. The number of benzene rings is 1. The summed E-state index contributed by atoms with van der Waals surface area (Å²) in [5.41, 5.74) is 5.10. The normalized spacial score (nSPS) is 10.5. The predicted octanol–water partition coefficient (Wildman–Crippen LogP) is 2.51. The minimum atomic E-state index is -1.04. The molecule has 0 heterocycles. The van der Waals surface area contributed by atoms with Crippen LogP contribution in [0.2, 0.25) is 0 Å². The van der Waals surface area contributed by atoms with E-state index in [0.717, 1.165) is 0 Å². The van der Waals surface area contributed by atoms with Gasteiger partial charge in [0.1, 0.15) is 18.2 Å². The van der Waals surface area contributed by atoms with Crippen molar-refractivity contribution in [2.45, 2.75) is 6.92 Å². The van der Waals surface area contributed by atoms with E-state index in [1.165, 1.54) is 6.08 Å². The number of nitrogens with zero attached hydrogens (tertiary/aromatic N) is 1. The first-order valence-electron chi connectivity index (χ1n) is 6.85. The molecule has 3 amide bonds. The van der Waals surface area contributed by atoms with Gasteiger partial charge in [0.15, 0.2) is 11.5 Å². The lowest BCUT2D eigenvalue weighted by molar-refractivity contribution is -0.115. The number of carbonyl (C=O) groups is 2. The largest absolute Gasteiger partial charge is 0.490 e. The van der Waals surface area contributed by atoms with Crippen LogP contribution in [0.5, 0.6) is 11.5 Å². The van der Waals surface area contributed by atoms with Crippen molar-refractivity contribution < 1.29 is 19.1 Å². The molecule has 1 aromatic rings. The van der Waals surface area contributed by atoms with Crippen LogP contribution in [0.15, 0.2) is 34.8 Å². The SMILES string of the molecule is C=CCOc1cc(Br)c(/C=C(/C#N)C(=O)NC(N)=O)cc1OCC. The second kappa shape index (κ2) is 9.37. The van der Waals surface area contributed by atoms with E-state index in [0.29, 0.717) is 34.7 Å². The molecule has 24 heavy (non-hydrogen) atoms. The van der Waals surface area contributed by atoms with Crippen LogP contribution < -0.4 is 20.5 Å². The molecule has 0 spiro atoms. The Kier molecular flexibility index (Phi) is 7.52. The van der Waals surface area contributed by atoms with Crippen LogP contribution >= 0.6 is 15.9 Å². The van der Waals surface area contributed by atoms with Crippen molar-refractivity contribution in [3.05, 3.63) is 40.4 Å². The molecule has 126 valence electrons. The lowest BCUT2D eigenvalue weighted by Gasteiger charge is -2.13. The van der Waals surface area contributed by atoms with Crippen molar-refractivity contribution in [1.29, 1.82) is 5.26 Å². The molecule has 0 atom stereocenters. The molecule has 0 bridgehead atoms. The molecule has 1 rings (SSSR count). The number of hydrogen-bond acceptors (Lipinski definition) is 5. The van der Waals surface area contributed by atoms with Gasteiger partial charge in [-0.1, -0.05) is 28.6 Å². The van der Waals surface area contributed by atoms with E-state index in [4.69, 9.17) is 20.5 Å². The van der Waals surface area contributed by atoms with Gasteiger partial charge in [-0.25, -0.2) is 4.79 Å². The summed E-state index contributed by atoms with van der Waals surface area (Å²) in [6, 6.07) is 3.95. The standard InChI is InChI=1S/C16H16BrN3O4/c1-3-5-24-14-8-12(17)10(7-13(14)23-4-2)6-11(9-18)15(21)20-16(19)22/h3,6-8H,1,4-5H2,2H3,(H3,19,20,21,22)/b11-6-. The number of primary amides is 1. The molecule has 0 unspecified atom stereocenters. The van der Waals surface area contributed by atoms with E-state index in [9.17, 15) is 9.59 Å². The van der Waals surface area contributed by atoms with Gasteiger partial charge in [0, 0.05) is 4.47 Å². The average Bonchev–Trinajstić information content (AvgIpc) is 2.52. The summed E-state index contributed by atoms with van der Waals surface area (Å²) in [5, 5.41) is 10.9. The first kappa shape index (κ1) is 19.3. The molecule has 1 aromatic carbocycles. The zero-order chi connectivity index (χ0) is 18.1. The number of amides is 3. The minimum Gasteiger partial charge on any atom is -0.490 e. The number of hydrogen-bond donors (Lipinski definition) is 2. The Labute approximate surface area is 147 Å². The number of urea groups is 1. The van der Waals surface area contributed by atoms with Crippen LogP contribution in [0.4, 0.5) is 4.79 Å². The zero-order valence-corrected chi connectivity index (χ0v) is 14.6. The van der Waals surface area contributed by atoms with E-state index < -0.39 is 11.9 Å². The number of carbonyl (C=O) groups excluding carboxylic acids is 2. The number of ether oxygens (including phenoxy) is 2. The Morgan fingerprint density at radius 1 is 1.42 bits per heavy atom. The summed E-state index contributed by atoms with van der Waals surface area (Å²) in [5.74, 6) is 0.0455. The van der Waals surface area contributed by atoms with Gasteiger partial charge >= 0.3 is 6.03 Å². The van der Waals surface area contributed by atoms with Crippen molar-refractivity contribution in [3.8, 4) is 17.6 Å². The van der Waals surface area contributed by atoms with Crippen LogP contribution in [0.3, 0.4) is 0 Å². The fourth-order valence-corrected chi connectivity index (χ4v) is 2.11. The van der Waals surface area contributed by atoms with Crippen LogP contribution in [-0.4, -0.2) is 25.2 Å². The van der Waals surface area contributed by atoms with Gasteiger partial charge in [0.05, 0.1) is 6.61 Å². The highest BCUT2D eigenvalue weighted by molar-refractivity contribution is 9.10. The van der Waals surface area contributed by atoms with Crippen molar-refractivity contribution in [2.75, 3.05) is 13.2 Å². The summed E-state index contributed by atoms with van der Waals surface area (Å²) in [6.45, 7) is 6.10. The maximum absolute atomic E-state index is 11.7. The molecule has 3 N–H and O–H groups in total. The number of nitrogens with one attached hydrogen (secondary N) is 1. The lowest BCUT2D eigenvalue weighted by atomic mass is 10.1. The first-order valence-corrected chi connectivity index (χ1v) is 7.64.